The molecule has 24 heavy (non-hydrogen) atoms. The van der Waals surface area contributed by atoms with Gasteiger partial charge in [0.05, 0.1) is 5.39 Å². The average Bonchev–Trinajstić information content (AvgIpc) is 2.61. The summed E-state index contributed by atoms with van der Waals surface area (Å²) in [5.41, 5.74) is 2.82. The van der Waals surface area contributed by atoms with Gasteiger partial charge in [0.25, 0.3) is 0 Å². The molecule has 0 bridgehead atoms. The standard InChI is InChI=1S/C22H18O2/c1-14(2)15-7-9-17(10-8-15)21-13-19(23)22-18-6-4-3-5-16(18)11-12-20(22)24-21/h3-14H,1-2H3. The summed E-state index contributed by atoms with van der Waals surface area (Å²) in [6, 6.07) is 21.6. The lowest BCUT2D eigenvalue weighted by Gasteiger charge is -2.08. The highest BCUT2D eigenvalue weighted by molar-refractivity contribution is 6.05. The largest absolute Gasteiger partial charge is 0.456 e. The van der Waals surface area contributed by atoms with E-state index in [9.17, 15) is 4.79 Å². The summed E-state index contributed by atoms with van der Waals surface area (Å²) in [7, 11) is 0. The Morgan fingerprint density at radius 1 is 0.875 bits per heavy atom. The summed E-state index contributed by atoms with van der Waals surface area (Å²) in [6.07, 6.45) is 0. The van der Waals surface area contributed by atoms with Crippen LogP contribution in [0.4, 0.5) is 0 Å². The molecule has 0 atom stereocenters. The number of fused-ring (bicyclic) bond motifs is 3. The van der Waals surface area contributed by atoms with Crippen molar-refractivity contribution in [3.8, 4) is 11.3 Å². The number of hydrogen-bond donors (Lipinski definition) is 0. The highest BCUT2D eigenvalue weighted by Crippen LogP contribution is 2.28. The zero-order valence-corrected chi connectivity index (χ0v) is 13.7. The fourth-order valence-corrected chi connectivity index (χ4v) is 3.10. The highest BCUT2D eigenvalue weighted by atomic mass is 16.3. The van der Waals surface area contributed by atoms with Gasteiger partial charge in [-0.15, -0.1) is 0 Å². The average molecular weight is 314 g/mol. The molecular formula is C22H18O2. The summed E-state index contributed by atoms with van der Waals surface area (Å²) in [5, 5.41) is 2.63. The van der Waals surface area contributed by atoms with Gasteiger partial charge in [0.15, 0.2) is 5.43 Å². The second-order valence-corrected chi connectivity index (χ2v) is 6.41. The summed E-state index contributed by atoms with van der Waals surface area (Å²) >= 11 is 0. The van der Waals surface area contributed by atoms with Crippen molar-refractivity contribution in [2.24, 2.45) is 0 Å². The van der Waals surface area contributed by atoms with E-state index >= 15 is 0 Å². The molecule has 3 aromatic carbocycles. The van der Waals surface area contributed by atoms with Crippen molar-refractivity contribution < 1.29 is 4.42 Å². The minimum absolute atomic E-state index is 0.00372. The molecule has 1 heterocycles. The molecule has 0 saturated carbocycles. The van der Waals surface area contributed by atoms with Crippen LogP contribution >= 0.6 is 0 Å². The van der Waals surface area contributed by atoms with Gasteiger partial charge in [0, 0.05) is 11.6 Å². The Bertz CT molecular complexity index is 1090. The number of benzene rings is 3. The van der Waals surface area contributed by atoms with Gasteiger partial charge in [-0.3, -0.25) is 4.79 Å². The van der Waals surface area contributed by atoms with Gasteiger partial charge in [-0.2, -0.15) is 0 Å². The Morgan fingerprint density at radius 3 is 2.38 bits per heavy atom. The van der Waals surface area contributed by atoms with Crippen LogP contribution in [0.1, 0.15) is 25.3 Å². The first-order chi connectivity index (χ1) is 11.6. The molecule has 118 valence electrons. The molecule has 4 rings (SSSR count). The van der Waals surface area contributed by atoms with E-state index in [1.54, 1.807) is 6.07 Å². The smallest absolute Gasteiger partial charge is 0.193 e. The Balaban J connectivity index is 1.92. The summed E-state index contributed by atoms with van der Waals surface area (Å²) in [4.78, 5) is 12.7. The van der Waals surface area contributed by atoms with Crippen LogP contribution < -0.4 is 5.43 Å². The van der Waals surface area contributed by atoms with Crippen molar-refractivity contribution in [2.75, 3.05) is 0 Å². The fraction of sp³-hybridized carbons (Fsp3) is 0.136. The number of hydrogen-bond acceptors (Lipinski definition) is 2. The third-order valence-electron chi connectivity index (χ3n) is 4.48. The molecule has 0 aliphatic heterocycles. The first kappa shape index (κ1) is 14.7. The Hall–Kier alpha value is -2.87. The van der Waals surface area contributed by atoms with Crippen LogP contribution in [0.25, 0.3) is 33.1 Å². The van der Waals surface area contributed by atoms with Crippen molar-refractivity contribution in [3.05, 3.63) is 82.5 Å². The molecule has 4 aromatic rings. The Kier molecular flexibility index (Phi) is 3.46. The number of rotatable bonds is 2. The molecule has 0 aliphatic carbocycles. The fourth-order valence-electron chi connectivity index (χ4n) is 3.10. The quantitative estimate of drug-likeness (QED) is 0.442. The lowest BCUT2D eigenvalue weighted by molar-refractivity contribution is 0.619. The van der Waals surface area contributed by atoms with Gasteiger partial charge in [-0.05, 0) is 28.3 Å². The zero-order chi connectivity index (χ0) is 16.7. The third kappa shape index (κ3) is 2.41. The maximum Gasteiger partial charge on any atom is 0.193 e. The Morgan fingerprint density at radius 2 is 1.62 bits per heavy atom. The predicted octanol–water partition coefficient (Wildman–Crippen LogP) is 5.74. The first-order valence-corrected chi connectivity index (χ1v) is 8.19. The van der Waals surface area contributed by atoms with E-state index in [0.717, 1.165) is 16.3 Å². The van der Waals surface area contributed by atoms with Crippen molar-refractivity contribution in [3.63, 3.8) is 0 Å². The van der Waals surface area contributed by atoms with Gasteiger partial charge in [-0.25, -0.2) is 0 Å². The second-order valence-electron chi connectivity index (χ2n) is 6.41. The molecule has 1 aromatic heterocycles. The van der Waals surface area contributed by atoms with Crippen molar-refractivity contribution in [1.29, 1.82) is 0 Å². The molecule has 0 unspecified atom stereocenters. The van der Waals surface area contributed by atoms with Gasteiger partial charge in [-0.1, -0.05) is 68.4 Å². The van der Waals surface area contributed by atoms with E-state index in [4.69, 9.17) is 4.42 Å². The minimum atomic E-state index is -0.00372. The monoisotopic (exact) mass is 314 g/mol. The van der Waals surface area contributed by atoms with Crippen LogP contribution in [0, 0.1) is 0 Å². The van der Waals surface area contributed by atoms with E-state index in [0.29, 0.717) is 22.6 Å². The molecule has 0 spiro atoms. The van der Waals surface area contributed by atoms with Gasteiger partial charge >= 0.3 is 0 Å². The predicted molar refractivity (Wildman–Crippen MR) is 99.5 cm³/mol. The summed E-state index contributed by atoms with van der Waals surface area (Å²) < 4.78 is 6.04. The minimum Gasteiger partial charge on any atom is -0.456 e. The third-order valence-corrected chi connectivity index (χ3v) is 4.48. The maximum absolute atomic E-state index is 12.7. The van der Waals surface area contributed by atoms with Crippen LogP contribution in [0.2, 0.25) is 0 Å². The molecule has 2 nitrogen and oxygen atoms in total. The topological polar surface area (TPSA) is 30.2 Å². The highest BCUT2D eigenvalue weighted by Gasteiger charge is 2.10. The van der Waals surface area contributed by atoms with Gasteiger partial charge in [0.1, 0.15) is 11.3 Å². The normalized spacial score (nSPS) is 11.5. The van der Waals surface area contributed by atoms with Crippen LogP contribution in [0.3, 0.4) is 0 Å². The van der Waals surface area contributed by atoms with Crippen LogP contribution in [-0.2, 0) is 0 Å². The van der Waals surface area contributed by atoms with Crippen molar-refractivity contribution >= 4 is 21.7 Å². The summed E-state index contributed by atoms with van der Waals surface area (Å²) in [5.74, 6) is 1.09. The van der Waals surface area contributed by atoms with Gasteiger partial charge in [0.2, 0.25) is 0 Å². The molecule has 0 amide bonds. The van der Waals surface area contributed by atoms with E-state index < -0.39 is 0 Å². The van der Waals surface area contributed by atoms with Gasteiger partial charge < -0.3 is 4.42 Å². The molecule has 0 fully saturated rings. The van der Waals surface area contributed by atoms with E-state index in [1.807, 2.05) is 48.5 Å². The first-order valence-electron chi connectivity index (χ1n) is 8.19. The zero-order valence-electron chi connectivity index (χ0n) is 13.7. The van der Waals surface area contributed by atoms with Crippen molar-refractivity contribution in [1.82, 2.24) is 0 Å². The molecule has 0 saturated heterocycles. The molecule has 0 radical (unpaired) electrons. The Labute approximate surface area is 140 Å². The second kappa shape index (κ2) is 5.64. The lowest BCUT2D eigenvalue weighted by Crippen LogP contribution is -2.01. The molecule has 2 heteroatoms. The summed E-state index contributed by atoms with van der Waals surface area (Å²) in [6.45, 7) is 4.33. The molecule has 0 N–H and O–H groups in total. The maximum atomic E-state index is 12.7. The van der Waals surface area contributed by atoms with Crippen LogP contribution in [0.15, 0.2) is 75.9 Å². The van der Waals surface area contributed by atoms with Crippen molar-refractivity contribution in [2.45, 2.75) is 19.8 Å². The SMILES string of the molecule is CC(C)c1ccc(-c2cc(=O)c3c(ccc4ccccc43)o2)cc1. The van der Waals surface area contributed by atoms with E-state index in [-0.39, 0.29) is 5.43 Å². The molecule has 0 aliphatic rings. The lowest BCUT2D eigenvalue weighted by atomic mass is 10.0. The van der Waals surface area contributed by atoms with Crippen LogP contribution in [-0.4, -0.2) is 0 Å². The van der Waals surface area contributed by atoms with Crippen LogP contribution in [0.5, 0.6) is 0 Å². The molecular weight excluding hydrogens is 296 g/mol. The van der Waals surface area contributed by atoms with E-state index in [2.05, 4.69) is 26.0 Å². The van der Waals surface area contributed by atoms with E-state index in [1.165, 1.54) is 5.56 Å².